The molecule has 23 heavy (non-hydrogen) atoms. The molecule has 118 valence electrons. The third kappa shape index (κ3) is 3.04. The number of hydrogen-bond donors (Lipinski definition) is 1. The average molecular weight is 312 g/mol. The molecule has 1 amide bonds. The number of aryl methyl sites for hydroxylation is 1. The molecule has 0 atom stereocenters. The van der Waals surface area contributed by atoms with E-state index in [0.717, 1.165) is 16.7 Å². The summed E-state index contributed by atoms with van der Waals surface area (Å²) in [4.78, 5) is 12.4. The standard InChI is InChI=1S/C18H17FN2O2/c1-3-23-15-7-8-16-12(9-15)10-17(21(16)2)18(22)20-14-6-4-5-13(19)11-14/h4-11H,3H2,1-2H3,(H,20,22). The van der Waals surface area contributed by atoms with Crippen molar-refractivity contribution in [2.75, 3.05) is 11.9 Å². The fourth-order valence-electron chi connectivity index (χ4n) is 2.56. The number of nitrogens with one attached hydrogen (secondary N) is 1. The van der Waals surface area contributed by atoms with Gasteiger partial charge in [-0.1, -0.05) is 6.07 Å². The molecule has 0 bridgehead atoms. The van der Waals surface area contributed by atoms with Crippen LogP contribution >= 0.6 is 0 Å². The van der Waals surface area contributed by atoms with Crippen LogP contribution in [-0.2, 0) is 7.05 Å². The topological polar surface area (TPSA) is 43.3 Å². The van der Waals surface area contributed by atoms with Crippen LogP contribution in [0.4, 0.5) is 10.1 Å². The maximum Gasteiger partial charge on any atom is 0.272 e. The molecule has 0 saturated carbocycles. The lowest BCUT2D eigenvalue weighted by Gasteiger charge is -2.07. The summed E-state index contributed by atoms with van der Waals surface area (Å²) in [6.45, 7) is 2.51. The molecule has 4 nitrogen and oxygen atoms in total. The predicted molar refractivity (Wildman–Crippen MR) is 88.4 cm³/mol. The van der Waals surface area contributed by atoms with Crippen molar-refractivity contribution in [2.24, 2.45) is 7.05 Å². The third-order valence-corrected chi connectivity index (χ3v) is 3.64. The second kappa shape index (κ2) is 6.12. The molecular weight excluding hydrogens is 295 g/mol. The Bertz CT molecular complexity index is 871. The maximum atomic E-state index is 13.2. The van der Waals surface area contributed by atoms with Crippen LogP contribution in [0.2, 0.25) is 0 Å². The van der Waals surface area contributed by atoms with Crippen LogP contribution in [0.1, 0.15) is 17.4 Å². The molecule has 5 heteroatoms. The summed E-state index contributed by atoms with van der Waals surface area (Å²) in [5.74, 6) is 0.0937. The van der Waals surface area contributed by atoms with E-state index in [2.05, 4.69) is 5.32 Å². The van der Waals surface area contributed by atoms with Crippen molar-refractivity contribution < 1.29 is 13.9 Å². The predicted octanol–water partition coefficient (Wildman–Crippen LogP) is 3.97. The van der Waals surface area contributed by atoms with Crippen LogP contribution in [0.15, 0.2) is 48.5 Å². The second-order valence-electron chi connectivity index (χ2n) is 5.21. The van der Waals surface area contributed by atoms with Gasteiger partial charge in [-0.15, -0.1) is 0 Å². The number of anilines is 1. The van der Waals surface area contributed by atoms with Crippen LogP contribution in [0, 0.1) is 5.82 Å². The number of hydrogen-bond acceptors (Lipinski definition) is 2. The monoisotopic (exact) mass is 312 g/mol. The molecule has 0 radical (unpaired) electrons. The fourth-order valence-corrected chi connectivity index (χ4v) is 2.56. The minimum absolute atomic E-state index is 0.285. The molecule has 0 saturated heterocycles. The summed E-state index contributed by atoms with van der Waals surface area (Å²) in [6, 6.07) is 13.3. The van der Waals surface area contributed by atoms with Gasteiger partial charge in [-0.05, 0) is 49.4 Å². The second-order valence-corrected chi connectivity index (χ2v) is 5.21. The lowest BCUT2D eigenvalue weighted by molar-refractivity contribution is 0.101. The van der Waals surface area contributed by atoms with Gasteiger partial charge in [0.15, 0.2) is 0 Å². The zero-order valence-corrected chi connectivity index (χ0v) is 13.0. The van der Waals surface area contributed by atoms with Crippen LogP contribution in [0.5, 0.6) is 5.75 Å². The molecule has 2 aromatic carbocycles. The van der Waals surface area contributed by atoms with Crippen LogP contribution in [0.25, 0.3) is 10.9 Å². The first-order chi connectivity index (χ1) is 11.1. The highest BCUT2D eigenvalue weighted by Crippen LogP contribution is 2.24. The van der Waals surface area contributed by atoms with Crippen molar-refractivity contribution in [1.82, 2.24) is 4.57 Å². The van der Waals surface area contributed by atoms with Crippen LogP contribution in [0.3, 0.4) is 0 Å². The number of ether oxygens (including phenoxy) is 1. The number of amides is 1. The van der Waals surface area contributed by atoms with Gasteiger partial charge in [0, 0.05) is 23.6 Å². The summed E-state index contributed by atoms with van der Waals surface area (Å²) in [7, 11) is 1.82. The summed E-state index contributed by atoms with van der Waals surface area (Å²) < 4.78 is 20.5. The fraction of sp³-hybridized carbons (Fsp3) is 0.167. The molecular formula is C18H17FN2O2. The zero-order valence-electron chi connectivity index (χ0n) is 13.0. The first-order valence-electron chi connectivity index (χ1n) is 7.37. The maximum absolute atomic E-state index is 13.2. The van der Waals surface area contributed by atoms with Gasteiger partial charge >= 0.3 is 0 Å². The first kappa shape index (κ1) is 15.1. The highest BCUT2D eigenvalue weighted by atomic mass is 19.1. The number of rotatable bonds is 4. The molecule has 3 aromatic rings. The van der Waals surface area contributed by atoms with Gasteiger partial charge in [-0.3, -0.25) is 4.79 Å². The Hall–Kier alpha value is -2.82. The van der Waals surface area contributed by atoms with E-state index in [-0.39, 0.29) is 11.7 Å². The van der Waals surface area contributed by atoms with Gasteiger partial charge in [0.05, 0.1) is 6.61 Å². The number of aromatic nitrogens is 1. The molecule has 3 rings (SSSR count). The van der Waals surface area contributed by atoms with E-state index in [9.17, 15) is 9.18 Å². The van der Waals surface area contributed by atoms with E-state index in [4.69, 9.17) is 4.74 Å². The zero-order chi connectivity index (χ0) is 16.4. The Morgan fingerprint density at radius 2 is 2.04 bits per heavy atom. The highest BCUT2D eigenvalue weighted by Gasteiger charge is 2.14. The van der Waals surface area contributed by atoms with Gasteiger partial charge in [0.1, 0.15) is 17.3 Å². The molecule has 1 heterocycles. The van der Waals surface area contributed by atoms with Crippen molar-refractivity contribution in [3.63, 3.8) is 0 Å². The number of halogens is 1. The molecule has 1 aromatic heterocycles. The number of nitrogens with zero attached hydrogens (tertiary/aromatic N) is 1. The van der Waals surface area contributed by atoms with Gasteiger partial charge in [0.25, 0.3) is 5.91 Å². The summed E-state index contributed by atoms with van der Waals surface area (Å²) in [6.07, 6.45) is 0. The largest absolute Gasteiger partial charge is 0.494 e. The Labute approximate surface area is 133 Å². The molecule has 1 N–H and O–H groups in total. The van der Waals surface area contributed by atoms with Crippen LogP contribution < -0.4 is 10.1 Å². The summed E-state index contributed by atoms with van der Waals surface area (Å²) in [5.41, 5.74) is 1.85. The van der Waals surface area contributed by atoms with E-state index < -0.39 is 0 Å². The quantitative estimate of drug-likeness (QED) is 0.792. The third-order valence-electron chi connectivity index (χ3n) is 3.64. The lowest BCUT2D eigenvalue weighted by atomic mass is 10.2. The molecule has 0 unspecified atom stereocenters. The Kier molecular flexibility index (Phi) is 4.02. The van der Waals surface area contributed by atoms with Crippen molar-refractivity contribution in [3.05, 3.63) is 60.0 Å². The van der Waals surface area contributed by atoms with E-state index in [1.807, 2.05) is 32.2 Å². The van der Waals surface area contributed by atoms with Crippen LogP contribution in [-0.4, -0.2) is 17.1 Å². The van der Waals surface area contributed by atoms with Crippen molar-refractivity contribution in [3.8, 4) is 5.75 Å². The van der Waals surface area contributed by atoms with Crippen molar-refractivity contribution in [2.45, 2.75) is 6.92 Å². The van der Waals surface area contributed by atoms with E-state index >= 15 is 0 Å². The Morgan fingerprint density at radius 1 is 1.22 bits per heavy atom. The smallest absolute Gasteiger partial charge is 0.272 e. The summed E-state index contributed by atoms with van der Waals surface area (Å²) in [5, 5.41) is 3.63. The van der Waals surface area contributed by atoms with Gasteiger partial charge in [-0.2, -0.15) is 0 Å². The first-order valence-corrected chi connectivity index (χ1v) is 7.37. The van der Waals surface area contributed by atoms with E-state index in [1.165, 1.54) is 12.1 Å². The minimum atomic E-state index is -0.388. The Balaban J connectivity index is 1.92. The van der Waals surface area contributed by atoms with Gasteiger partial charge in [-0.25, -0.2) is 4.39 Å². The molecule has 0 spiro atoms. The highest BCUT2D eigenvalue weighted by molar-refractivity contribution is 6.06. The van der Waals surface area contributed by atoms with Crippen molar-refractivity contribution in [1.29, 1.82) is 0 Å². The molecule has 0 aliphatic heterocycles. The minimum Gasteiger partial charge on any atom is -0.494 e. The molecule has 0 fully saturated rings. The van der Waals surface area contributed by atoms with E-state index in [0.29, 0.717) is 18.0 Å². The van der Waals surface area contributed by atoms with E-state index in [1.54, 1.807) is 22.8 Å². The normalized spacial score (nSPS) is 10.7. The van der Waals surface area contributed by atoms with Gasteiger partial charge in [0.2, 0.25) is 0 Å². The molecule has 0 aliphatic rings. The number of fused-ring (bicyclic) bond motifs is 1. The number of benzene rings is 2. The number of carbonyl (C=O) groups is 1. The average Bonchev–Trinajstić information content (AvgIpc) is 2.84. The van der Waals surface area contributed by atoms with Crippen molar-refractivity contribution >= 4 is 22.5 Å². The number of carbonyl (C=O) groups excluding carboxylic acids is 1. The Morgan fingerprint density at radius 3 is 2.78 bits per heavy atom. The van der Waals surface area contributed by atoms with Gasteiger partial charge < -0.3 is 14.6 Å². The molecule has 0 aliphatic carbocycles. The SMILES string of the molecule is CCOc1ccc2c(c1)cc(C(=O)Nc1cccc(F)c1)n2C. The summed E-state index contributed by atoms with van der Waals surface area (Å²) >= 11 is 0. The lowest BCUT2D eigenvalue weighted by Crippen LogP contribution is -2.15.